The number of hydrogen-bond donors (Lipinski definition) is 3. The Morgan fingerprint density at radius 1 is 1.50 bits per heavy atom. The van der Waals surface area contributed by atoms with Crippen molar-refractivity contribution < 1.29 is 9.90 Å². The summed E-state index contributed by atoms with van der Waals surface area (Å²) in [5.41, 5.74) is 1.51. The second kappa shape index (κ2) is 6.25. The molecule has 0 aliphatic heterocycles. The SMILES string of the molecule is CNCC(C)C(=O)Nc1cccc(CO)c1. The van der Waals surface area contributed by atoms with E-state index in [1.54, 1.807) is 6.07 Å². The summed E-state index contributed by atoms with van der Waals surface area (Å²) < 4.78 is 0. The summed E-state index contributed by atoms with van der Waals surface area (Å²) in [6, 6.07) is 7.20. The largest absolute Gasteiger partial charge is 0.392 e. The van der Waals surface area contributed by atoms with Gasteiger partial charge in [0.2, 0.25) is 5.91 Å². The van der Waals surface area contributed by atoms with Gasteiger partial charge < -0.3 is 15.7 Å². The minimum Gasteiger partial charge on any atom is -0.392 e. The molecule has 1 rings (SSSR count). The number of aliphatic hydroxyl groups excluding tert-OH is 1. The van der Waals surface area contributed by atoms with E-state index in [0.29, 0.717) is 6.54 Å². The molecule has 1 atom stereocenters. The van der Waals surface area contributed by atoms with Gasteiger partial charge in [0.15, 0.2) is 0 Å². The molecule has 1 aromatic rings. The van der Waals surface area contributed by atoms with Crippen LogP contribution in [-0.4, -0.2) is 24.6 Å². The molecule has 4 nitrogen and oxygen atoms in total. The van der Waals surface area contributed by atoms with Gasteiger partial charge in [-0.3, -0.25) is 4.79 Å². The zero-order chi connectivity index (χ0) is 12.0. The molecule has 0 aromatic heterocycles. The molecule has 3 N–H and O–H groups in total. The summed E-state index contributed by atoms with van der Waals surface area (Å²) in [5, 5.41) is 14.7. The van der Waals surface area contributed by atoms with E-state index in [4.69, 9.17) is 5.11 Å². The van der Waals surface area contributed by atoms with Crippen LogP contribution in [0.2, 0.25) is 0 Å². The molecule has 16 heavy (non-hydrogen) atoms. The van der Waals surface area contributed by atoms with Crippen LogP contribution < -0.4 is 10.6 Å². The Morgan fingerprint density at radius 2 is 2.25 bits per heavy atom. The molecule has 4 heteroatoms. The van der Waals surface area contributed by atoms with E-state index in [-0.39, 0.29) is 18.4 Å². The van der Waals surface area contributed by atoms with E-state index in [0.717, 1.165) is 11.3 Å². The van der Waals surface area contributed by atoms with E-state index < -0.39 is 0 Å². The smallest absolute Gasteiger partial charge is 0.228 e. The number of benzene rings is 1. The Hall–Kier alpha value is -1.39. The Labute approximate surface area is 95.7 Å². The van der Waals surface area contributed by atoms with Crippen LogP contribution in [0.3, 0.4) is 0 Å². The normalized spacial score (nSPS) is 12.2. The van der Waals surface area contributed by atoms with Crippen LogP contribution in [0.15, 0.2) is 24.3 Å². The minimum atomic E-state index is -0.0808. The van der Waals surface area contributed by atoms with Gasteiger partial charge in [0.05, 0.1) is 6.61 Å². The molecule has 0 saturated heterocycles. The molecule has 0 aliphatic rings. The fraction of sp³-hybridized carbons (Fsp3) is 0.417. The zero-order valence-electron chi connectivity index (χ0n) is 9.66. The molecule has 88 valence electrons. The van der Waals surface area contributed by atoms with Gasteiger partial charge >= 0.3 is 0 Å². The topological polar surface area (TPSA) is 61.4 Å². The summed E-state index contributed by atoms with van der Waals surface area (Å²) in [7, 11) is 1.82. The van der Waals surface area contributed by atoms with E-state index in [2.05, 4.69) is 10.6 Å². The van der Waals surface area contributed by atoms with Crippen LogP contribution in [0.25, 0.3) is 0 Å². The third-order valence-electron chi connectivity index (χ3n) is 2.33. The van der Waals surface area contributed by atoms with Gasteiger partial charge in [0.1, 0.15) is 0 Å². The highest BCUT2D eigenvalue weighted by atomic mass is 16.3. The number of aliphatic hydroxyl groups is 1. The lowest BCUT2D eigenvalue weighted by Gasteiger charge is -2.12. The predicted octanol–water partition coefficient (Wildman–Crippen LogP) is 0.973. The Bertz CT molecular complexity index is 353. The standard InChI is InChI=1S/C12H18N2O2/c1-9(7-13-2)12(16)14-11-5-3-4-10(6-11)8-15/h3-6,9,13,15H,7-8H2,1-2H3,(H,14,16). The Morgan fingerprint density at radius 3 is 2.88 bits per heavy atom. The molecule has 0 bridgehead atoms. The summed E-state index contributed by atoms with van der Waals surface area (Å²) >= 11 is 0. The maximum Gasteiger partial charge on any atom is 0.228 e. The van der Waals surface area contributed by atoms with Gasteiger partial charge in [-0.05, 0) is 24.7 Å². The molecular weight excluding hydrogens is 204 g/mol. The molecule has 0 radical (unpaired) electrons. The zero-order valence-corrected chi connectivity index (χ0v) is 9.66. The van der Waals surface area contributed by atoms with Crippen molar-refractivity contribution in [3.05, 3.63) is 29.8 Å². The number of anilines is 1. The van der Waals surface area contributed by atoms with Crippen molar-refractivity contribution in [1.29, 1.82) is 0 Å². The van der Waals surface area contributed by atoms with Crippen molar-refractivity contribution in [3.63, 3.8) is 0 Å². The Kier molecular flexibility index (Phi) is 4.95. The van der Waals surface area contributed by atoms with E-state index in [1.165, 1.54) is 0 Å². The number of amides is 1. The monoisotopic (exact) mass is 222 g/mol. The molecule has 0 fully saturated rings. The second-order valence-electron chi connectivity index (χ2n) is 3.81. The van der Waals surface area contributed by atoms with Crippen molar-refractivity contribution in [1.82, 2.24) is 5.32 Å². The lowest BCUT2D eigenvalue weighted by molar-refractivity contribution is -0.119. The van der Waals surface area contributed by atoms with Gasteiger partial charge in [0.25, 0.3) is 0 Å². The highest BCUT2D eigenvalue weighted by Crippen LogP contribution is 2.11. The van der Waals surface area contributed by atoms with Crippen LogP contribution in [0.5, 0.6) is 0 Å². The average Bonchev–Trinajstić information content (AvgIpc) is 2.29. The number of carbonyl (C=O) groups is 1. The lowest BCUT2D eigenvalue weighted by Crippen LogP contribution is -2.28. The highest BCUT2D eigenvalue weighted by molar-refractivity contribution is 5.92. The molecule has 1 aromatic carbocycles. The molecular formula is C12H18N2O2. The number of nitrogens with one attached hydrogen (secondary N) is 2. The molecule has 1 amide bonds. The average molecular weight is 222 g/mol. The fourth-order valence-corrected chi connectivity index (χ4v) is 1.41. The molecule has 0 saturated carbocycles. The van der Waals surface area contributed by atoms with Crippen LogP contribution in [0.1, 0.15) is 12.5 Å². The number of rotatable bonds is 5. The maximum absolute atomic E-state index is 11.7. The summed E-state index contributed by atoms with van der Waals surface area (Å²) in [6.07, 6.45) is 0. The molecule has 0 heterocycles. The first kappa shape index (κ1) is 12.7. The first-order chi connectivity index (χ1) is 7.67. The minimum absolute atomic E-state index is 0.0181. The summed E-state index contributed by atoms with van der Waals surface area (Å²) in [5.74, 6) is -0.104. The van der Waals surface area contributed by atoms with E-state index in [1.807, 2.05) is 32.2 Å². The van der Waals surface area contributed by atoms with E-state index >= 15 is 0 Å². The quantitative estimate of drug-likeness (QED) is 0.695. The second-order valence-corrected chi connectivity index (χ2v) is 3.81. The first-order valence-electron chi connectivity index (χ1n) is 5.32. The maximum atomic E-state index is 11.7. The molecule has 0 spiro atoms. The van der Waals surface area contributed by atoms with Crippen molar-refractivity contribution in [2.45, 2.75) is 13.5 Å². The van der Waals surface area contributed by atoms with Crippen molar-refractivity contribution in [2.75, 3.05) is 18.9 Å². The first-order valence-corrected chi connectivity index (χ1v) is 5.32. The van der Waals surface area contributed by atoms with Crippen molar-refractivity contribution >= 4 is 11.6 Å². The number of carbonyl (C=O) groups excluding carboxylic acids is 1. The van der Waals surface area contributed by atoms with Crippen molar-refractivity contribution in [2.24, 2.45) is 5.92 Å². The van der Waals surface area contributed by atoms with Gasteiger partial charge in [-0.2, -0.15) is 0 Å². The van der Waals surface area contributed by atoms with Gasteiger partial charge in [0, 0.05) is 18.2 Å². The van der Waals surface area contributed by atoms with E-state index in [9.17, 15) is 4.79 Å². The summed E-state index contributed by atoms with van der Waals surface area (Å²) in [4.78, 5) is 11.7. The Balaban J connectivity index is 2.61. The summed E-state index contributed by atoms with van der Waals surface area (Å²) in [6.45, 7) is 2.49. The van der Waals surface area contributed by atoms with Gasteiger partial charge in [-0.1, -0.05) is 19.1 Å². The third kappa shape index (κ3) is 3.64. The predicted molar refractivity (Wildman–Crippen MR) is 64.1 cm³/mol. The lowest BCUT2D eigenvalue weighted by atomic mass is 10.1. The van der Waals surface area contributed by atoms with Crippen LogP contribution >= 0.6 is 0 Å². The molecule has 1 unspecified atom stereocenters. The van der Waals surface area contributed by atoms with Crippen LogP contribution in [0, 0.1) is 5.92 Å². The number of hydrogen-bond acceptors (Lipinski definition) is 3. The van der Waals surface area contributed by atoms with Gasteiger partial charge in [-0.15, -0.1) is 0 Å². The highest BCUT2D eigenvalue weighted by Gasteiger charge is 2.11. The third-order valence-corrected chi connectivity index (χ3v) is 2.33. The van der Waals surface area contributed by atoms with Crippen LogP contribution in [0.4, 0.5) is 5.69 Å². The van der Waals surface area contributed by atoms with Crippen molar-refractivity contribution in [3.8, 4) is 0 Å². The van der Waals surface area contributed by atoms with Gasteiger partial charge in [-0.25, -0.2) is 0 Å². The fourth-order valence-electron chi connectivity index (χ4n) is 1.41. The van der Waals surface area contributed by atoms with Crippen LogP contribution in [-0.2, 0) is 11.4 Å². The molecule has 0 aliphatic carbocycles.